The Labute approximate surface area is 113 Å². The number of amides is 1. The number of aliphatic carboxylic acids is 1. The summed E-state index contributed by atoms with van der Waals surface area (Å²) < 4.78 is 0. The fraction of sp³-hybridized carbons (Fsp3) is 0.429. The molecule has 0 aromatic heterocycles. The Kier molecular flexibility index (Phi) is 6.02. The van der Waals surface area contributed by atoms with Crippen molar-refractivity contribution in [3.63, 3.8) is 0 Å². The summed E-state index contributed by atoms with van der Waals surface area (Å²) in [6.07, 6.45) is 0.463. The third kappa shape index (κ3) is 5.09. The summed E-state index contributed by atoms with van der Waals surface area (Å²) in [5.41, 5.74) is 1.53. The van der Waals surface area contributed by atoms with E-state index in [1.807, 2.05) is 25.1 Å². The standard InChI is InChI=1S/C14H20N2O3/c1-10(9-15-2)14(19)16-12-6-4-3-5-11(12)7-8-13(17)18/h3-6,10,15H,7-9H2,1-2H3,(H,16,19)(H,17,18). The van der Waals surface area contributed by atoms with E-state index in [0.29, 0.717) is 18.7 Å². The van der Waals surface area contributed by atoms with Crippen molar-refractivity contribution in [2.45, 2.75) is 19.8 Å². The zero-order chi connectivity index (χ0) is 14.3. The molecule has 1 atom stereocenters. The molecule has 0 radical (unpaired) electrons. The van der Waals surface area contributed by atoms with Crippen molar-refractivity contribution in [2.24, 2.45) is 5.92 Å². The van der Waals surface area contributed by atoms with Crippen LogP contribution in [0.3, 0.4) is 0 Å². The predicted octanol–water partition coefficient (Wildman–Crippen LogP) is 1.50. The van der Waals surface area contributed by atoms with Crippen molar-refractivity contribution in [2.75, 3.05) is 18.9 Å². The van der Waals surface area contributed by atoms with Gasteiger partial charge in [-0.15, -0.1) is 0 Å². The highest BCUT2D eigenvalue weighted by atomic mass is 16.4. The van der Waals surface area contributed by atoms with Crippen LogP contribution >= 0.6 is 0 Å². The molecule has 0 fully saturated rings. The molecule has 0 heterocycles. The number of carboxylic acids is 1. The highest BCUT2D eigenvalue weighted by molar-refractivity contribution is 5.93. The second-order valence-corrected chi connectivity index (χ2v) is 4.50. The van der Waals surface area contributed by atoms with Crippen LogP contribution in [0, 0.1) is 5.92 Å². The van der Waals surface area contributed by atoms with Crippen LogP contribution in [0.25, 0.3) is 0 Å². The predicted molar refractivity (Wildman–Crippen MR) is 74.1 cm³/mol. The number of anilines is 1. The second-order valence-electron chi connectivity index (χ2n) is 4.50. The number of carbonyl (C=O) groups is 2. The van der Waals surface area contributed by atoms with Crippen LogP contribution in [0.15, 0.2) is 24.3 Å². The van der Waals surface area contributed by atoms with Gasteiger partial charge >= 0.3 is 5.97 Å². The van der Waals surface area contributed by atoms with Gasteiger partial charge in [0, 0.05) is 24.6 Å². The highest BCUT2D eigenvalue weighted by Gasteiger charge is 2.13. The van der Waals surface area contributed by atoms with Gasteiger partial charge in [-0.3, -0.25) is 9.59 Å². The van der Waals surface area contributed by atoms with E-state index in [-0.39, 0.29) is 18.2 Å². The van der Waals surface area contributed by atoms with Crippen molar-refractivity contribution in [1.82, 2.24) is 5.32 Å². The van der Waals surface area contributed by atoms with E-state index >= 15 is 0 Å². The van der Waals surface area contributed by atoms with Crippen molar-refractivity contribution in [3.05, 3.63) is 29.8 Å². The van der Waals surface area contributed by atoms with Crippen molar-refractivity contribution < 1.29 is 14.7 Å². The molecule has 5 heteroatoms. The molecule has 0 aliphatic rings. The lowest BCUT2D eigenvalue weighted by molar-refractivity contribution is -0.137. The van der Waals surface area contributed by atoms with Crippen LogP contribution < -0.4 is 10.6 Å². The fourth-order valence-electron chi connectivity index (χ4n) is 1.76. The van der Waals surface area contributed by atoms with Crippen LogP contribution in [0.2, 0.25) is 0 Å². The van der Waals surface area contributed by atoms with E-state index in [9.17, 15) is 9.59 Å². The lowest BCUT2D eigenvalue weighted by Crippen LogP contribution is -2.29. The Morgan fingerprint density at radius 1 is 1.32 bits per heavy atom. The third-order valence-corrected chi connectivity index (χ3v) is 2.84. The van der Waals surface area contributed by atoms with Gasteiger partial charge in [-0.2, -0.15) is 0 Å². The first-order valence-corrected chi connectivity index (χ1v) is 6.29. The molecule has 1 aromatic carbocycles. The Balaban J connectivity index is 2.71. The maximum absolute atomic E-state index is 11.9. The summed E-state index contributed by atoms with van der Waals surface area (Å²) in [5, 5.41) is 14.5. The lowest BCUT2D eigenvalue weighted by Gasteiger charge is -2.14. The fourth-order valence-corrected chi connectivity index (χ4v) is 1.76. The molecule has 1 unspecified atom stereocenters. The Morgan fingerprint density at radius 3 is 2.63 bits per heavy atom. The van der Waals surface area contributed by atoms with Gasteiger partial charge in [-0.1, -0.05) is 25.1 Å². The number of hydrogen-bond donors (Lipinski definition) is 3. The number of hydrogen-bond acceptors (Lipinski definition) is 3. The lowest BCUT2D eigenvalue weighted by atomic mass is 10.1. The number of nitrogens with one attached hydrogen (secondary N) is 2. The monoisotopic (exact) mass is 264 g/mol. The first kappa shape index (κ1) is 15.2. The van der Waals surface area contributed by atoms with Gasteiger partial charge in [0.05, 0.1) is 0 Å². The molecule has 1 rings (SSSR count). The van der Waals surface area contributed by atoms with Gasteiger partial charge in [0.1, 0.15) is 0 Å². The minimum atomic E-state index is -0.843. The highest BCUT2D eigenvalue weighted by Crippen LogP contribution is 2.17. The van der Waals surface area contributed by atoms with E-state index < -0.39 is 5.97 Å². The molecule has 3 N–H and O–H groups in total. The molecule has 0 saturated heterocycles. The van der Waals surface area contributed by atoms with E-state index in [2.05, 4.69) is 10.6 Å². The zero-order valence-corrected chi connectivity index (χ0v) is 11.3. The van der Waals surface area contributed by atoms with E-state index in [1.54, 1.807) is 13.1 Å². The number of carboxylic acid groups (broad SMARTS) is 1. The molecule has 0 saturated carbocycles. The largest absolute Gasteiger partial charge is 0.481 e. The SMILES string of the molecule is CNCC(C)C(=O)Nc1ccccc1CCC(=O)O. The van der Waals surface area contributed by atoms with Gasteiger partial charge in [0.15, 0.2) is 0 Å². The molecule has 0 spiro atoms. The van der Waals surface area contributed by atoms with Crippen LogP contribution in [0.5, 0.6) is 0 Å². The molecule has 1 aromatic rings. The molecule has 104 valence electrons. The summed E-state index contributed by atoms with van der Waals surface area (Å²) in [7, 11) is 1.80. The number of aryl methyl sites for hydroxylation is 1. The van der Waals surface area contributed by atoms with Crippen LogP contribution in [0.4, 0.5) is 5.69 Å². The summed E-state index contributed by atoms with van der Waals surface area (Å²) in [6.45, 7) is 2.44. The Hall–Kier alpha value is -1.88. The minimum absolute atomic E-state index is 0.0545. The summed E-state index contributed by atoms with van der Waals surface area (Å²) in [4.78, 5) is 22.5. The number of para-hydroxylation sites is 1. The first-order chi connectivity index (χ1) is 9.04. The smallest absolute Gasteiger partial charge is 0.303 e. The molecule has 19 heavy (non-hydrogen) atoms. The summed E-state index contributed by atoms with van der Waals surface area (Å²) in [5.74, 6) is -1.06. The zero-order valence-electron chi connectivity index (χ0n) is 11.3. The second kappa shape index (κ2) is 7.53. The molecular weight excluding hydrogens is 244 g/mol. The summed E-state index contributed by atoms with van der Waals surface area (Å²) >= 11 is 0. The average molecular weight is 264 g/mol. The van der Waals surface area contributed by atoms with Crippen LogP contribution in [-0.2, 0) is 16.0 Å². The Morgan fingerprint density at radius 2 is 2.00 bits per heavy atom. The maximum atomic E-state index is 11.9. The summed E-state index contributed by atoms with van der Waals surface area (Å²) in [6, 6.07) is 7.29. The molecule has 0 aliphatic heterocycles. The number of carbonyl (C=O) groups excluding carboxylic acids is 1. The number of rotatable bonds is 7. The molecule has 0 bridgehead atoms. The normalized spacial score (nSPS) is 11.9. The van der Waals surface area contributed by atoms with Gasteiger partial charge in [-0.05, 0) is 25.1 Å². The van der Waals surface area contributed by atoms with Crippen molar-refractivity contribution in [1.29, 1.82) is 0 Å². The quantitative estimate of drug-likeness (QED) is 0.697. The molecule has 0 aliphatic carbocycles. The molecule has 5 nitrogen and oxygen atoms in total. The topological polar surface area (TPSA) is 78.4 Å². The van der Waals surface area contributed by atoms with Gasteiger partial charge < -0.3 is 15.7 Å². The van der Waals surface area contributed by atoms with Crippen LogP contribution in [-0.4, -0.2) is 30.6 Å². The minimum Gasteiger partial charge on any atom is -0.481 e. The molecule has 1 amide bonds. The Bertz CT molecular complexity index is 446. The average Bonchev–Trinajstić information content (AvgIpc) is 2.37. The number of benzene rings is 1. The first-order valence-electron chi connectivity index (χ1n) is 6.29. The van der Waals surface area contributed by atoms with Gasteiger partial charge in [0.2, 0.25) is 5.91 Å². The molecular formula is C14H20N2O3. The third-order valence-electron chi connectivity index (χ3n) is 2.84. The van der Waals surface area contributed by atoms with E-state index in [0.717, 1.165) is 5.56 Å². The van der Waals surface area contributed by atoms with Gasteiger partial charge in [-0.25, -0.2) is 0 Å². The van der Waals surface area contributed by atoms with Crippen molar-refractivity contribution in [3.8, 4) is 0 Å². The maximum Gasteiger partial charge on any atom is 0.303 e. The van der Waals surface area contributed by atoms with Crippen molar-refractivity contribution >= 4 is 17.6 Å². The van der Waals surface area contributed by atoms with E-state index in [1.165, 1.54) is 0 Å². The van der Waals surface area contributed by atoms with Gasteiger partial charge in [0.25, 0.3) is 0 Å². The van der Waals surface area contributed by atoms with Crippen LogP contribution in [0.1, 0.15) is 18.9 Å². The van der Waals surface area contributed by atoms with E-state index in [4.69, 9.17) is 5.11 Å².